The first kappa shape index (κ1) is 7.50. The Bertz CT molecular complexity index is 138. The van der Waals surface area contributed by atoms with Gasteiger partial charge in [-0.25, -0.2) is 0 Å². The molecular weight excluding hydrogens is 132 g/mol. The topological polar surface area (TPSA) is 75.4 Å². The van der Waals surface area contributed by atoms with Gasteiger partial charge in [-0.05, 0) is 6.42 Å². The van der Waals surface area contributed by atoms with Gasteiger partial charge in [-0.2, -0.15) is 0 Å². The molecule has 1 rings (SSSR count). The number of rotatable bonds is 0. The summed E-state index contributed by atoms with van der Waals surface area (Å²) in [6, 6.07) is -0.0473. The van der Waals surface area contributed by atoms with Crippen molar-refractivity contribution in [2.24, 2.45) is 5.73 Å². The Morgan fingerprint density at radius 3 is 3.10 bits per heavy atom. The molecule has 1 aliphatic heterocycles. The first-order chi connectivity index (χ1) is 4.68. The average Bonchev–Trinajstić information content (AvgIpc) is 1.93. The molecule has 0 saturated carbocycles. The molecule has 4 nitrogen and oxygen atoms in total. The van der Waals surface area contributed by atoms with E-state index in [0.29, 0.717) is 19.3 Å². The third-order valence-corrected chi connectivity index (χ3v) is 1.60. The van der Waals surface area contributed by atoms with Gasteiger partial charge in [-0.3, -0.25) is 4.79 Å². The zero-order valence-electron chi connectivity index (χ0n) is 5.71. The number of nitrogens with two attached hydrogens (primary N) is 1. The lowest BCUT2D eigenvalue weighted by Gasteiger charge is -2.10. The van der Waals surface area contributed by atoms with Gasteiger partial charge < -0.3 is 16.2 Å². The molecule has 2 atom stereocenters. The number of amides is 1. The second-order valence-corrected chi connectivity index (χ2v) is 2.62. The lowest BCUT2D eigenvalue weighted by Crippen LogP contribution is -2.34. The summed E-state index contributed by atoms with van der Waals surface area (Å²) >= 11 is 0. The van der Waals surface area contributed by atoms with E-state index in [1.165, 1.54) is 0 Å². The number of carbonyl (C=O) groups excluding carboxylic acids is 1. The quantitative estimate of drug-likeness (QED) is 0.405. The molecule has 0 aromatic rings. The molecule has 1 saturated heterocycles. The zero-order chi connectivity index (χ0) is 7.56. The molecule has 0 spiro atoms. The van der Waals surface area contributed by atoms with E-state index in [1.54, 1.807) is 0 Å². The van der Waals surface area contributed by atoms with E-state index >= 15 is 0 Å². The van der Waals surface area contributed by atoms with Gasteiger partial charge in [-0.15, -0.1) is 0 Å². The Morgan fingerprint density at radius 1 is 1.70 bits per heavy atom. The Balaban J connectivity index is 2.46. The molecule has 0 aromatic carbocycles. The number of hydrogen-bond acceptors (Lipinski definition) is 3. The first-order valence-electron chi connectivity index (χ1n) is 3.41. The summed E-state index contributed by atoms with van der Waals surface area (Å²) in [7, 11) is 0. The van der Waals surface area contributed by atoms with Gasteiger partial charge in [0.05, 0.1) is 0 Å². The van der Waals surface area contributed by atoms with E-state index in [4.69, 9.17) is 10.8 Å². The minimum Gasteiger partial charge on any atom is -0.374 e. The second-order valence-electron chi connectivity index (χ2n) is 2.62. The van der Waals surface area contributed by atoms with Crippen molar-refractivity contribution in [1.29, 1.82) is 0 Å². The van der Waals surface area contributed by atoms with Crippen LogP contribution in [0.1, 0.15) is 19.3 Å². The predicted molar refractivity (Wildman–Crippen MR) is 36.0 cm³/mol. The SMILES string of the molecule is NC1CCC(=O)N[C@@H](O)C1. The van der Waals surface area contributed by atoms with E-state index in [1.807, 2.05) is 0 Å². The molecule has 1 amide bonds. The van der Waals surface area contributed by atoms with Crippen LogP contribution in [0.5, 0.6) is 0 Å². The molecule has 1 aliphatic rings. The van der Waals surface area contributed by atoms with E-state index in [2.05, 4.69) is 5.32 Å². The van der Waals surface area contributed by atoms with Crippen molar-refractivity contribution in [1.82, 2.24) is 5.32 Å². The van der Waals surface area contributed by atoms with E-state index < -0.39 is 6.23 Å². The number of hydrogen-bond donors (Lipinski definition) is 3. The van der Waals surface area contributed by atoms with Crippen LogP contribution in [-0.2, 0) is 4.79 Å². The summed E-state index contributed by atoms with van der Waals surface area (Å²) in [4.78, 5) is 10.7. The highest BCUT2D eigenvalue weighted by atomic mass is 16.3. The Hall–Kier alpha value is -0.610. The standard InChI is InChI=1S/C6H12N2O2/c7-4-1-2-5(9)8-6(10)3-4/h4,6,10H,1-3,7H2,(H,8,9)/t4?,6-/m0/s1. The second kappa shape index (κ2) is 2.98. The van der Waals surface area contributed by atoms with Crippen molar-refractivity contribution in [2.75, 3.05) is 0 Å². The molecule has 4 heteroatoms. The van der Waals surface area contributed by atoms with Crippen molar-refractivity contribution in [2.45, 2.75) is 31.5 Å². The van der Waals surface area contributed by atoms with Gasteiger partial charge in [0.2, 0.25) is 5.91 Å². The number of aliphatic hydroxyl groups excluding tert-OH is 1. The van der Waals surface area contributed by atoms with Gasteiger partial charge in [0.1, 0.15) is 6.23 Å². The van der Waals surface area contributed by atoms with Crippen LogP contribution in [0, 0.1) is 0 Å². The molecule has 1 heterocycles. The third-order valence-electron chi connectivity index (χ3n) is 1.60. The fourth-order valence-electron chi connectivity index (χ4n) is 1.04. The van der Waals surface area contributed by atoms with Crippen LogP contribution in [0.2, 0.25) is 0 Å². The largest absolute Gasteiger partial charge is 0.374 e. The van der Waals surface area contributed by atoms with E-state index in [9.17, 15) is 4.79 Å². The van der Waals surface area contributed by atoms with Crippen LogP contribution in [0.4, 0.5) is 0 Å². The van der Waals surface area contributed by atoms with Crippen LogP contribution < -0.4 is 11.1 Å². The van der Waals surface area contributed by atoms with E-state index in [-0.39, 0.29) is 11.9 Å². The molecule has 0 aromatic heterocycles. The molecule has 0 bridgehead atoms. The molecule has 0 radical (unpaired) electrons. The molecule has 1 unspecified atom stereocenters. The maximum absolute atomic E-state index is 10.7. The predicted octanol–water partition coefficient (Wildman–Crippen LogP) is -1.07. The lowest BCUT2D eigenvalue weighted by molar-refractivity contribution is -0.123. The highest BCUT2D eigenvalue weighted by Gasteiger charge is 2.18. The lowest BCUT2D eigenvalue weighted by atomic mass is 10.1. The van der Waals surface area contributed by atoms with Crippen molar-refractivity contribution < 1.29 is 9.90 Å². The Morgan fingerprint density at radius 2 is 2.40 bits per heavy atom. The maximum atomic E-state index is 10.7. The van der Waals surface area contributed by atoms with Crippen molar-refractivity contribution in [3.05, 3.63) is 0 Å². The van der Waals surface area contributed by atoms with Gasteiger partial charge >= 0.3 is 0 Å². The van der Waals surface area contributed by atoms with E-state index in [0.717, 1.165) is 0 Å². The molecule has 4 N–H and O–H groups in total. The van der Waals surface area contributed by atoms with Crippen LogP contribution >= 0.6 is 0 Å². The smallest absolute Gasteiger partial charge is 0.222 e. The molecule has 0 aliphatic carbocycles. The third kappa shape index (κ3) is 1.97. The summed E-state index contributed by atoms with van der Waals surface area (Å²) in [6.07, 6.45) is 0.817. The average molecular weight is 144 g/mol. The normalized spacial score (nSPS) is 34.8. The first-order valence-corrected chi connectivity index (χ1v) is 3.41. The van der Waals surface area contributed by atoms with Crippen molar-refractivity contribution >= 4 is 5.91 Å². The fraction of sp³-hybridized carbons (Fsp3) is 0.833. The monoisotopic (exact) mass is 144 g/mol. The van der Waals surface area contributed by atoms with Gasteiger partial charge in [0.25, 0.3) is 0 Å². The summed E-state index contributed by atoms with van der Waals surface area (Å²) in [5, 5.41) is 11.4. The molecular formula is C6H12N2O2. The van der Waals surface area contributed by atoms with Crippen LogP contribution in [0.15, 0.2) is 0 Å². The van der Waals surface area contributed by atoms with Crippen LogP contribution in [-0.4, -0.2) is 23.3 Å². The molecule has 1 fully saturated rings. The van der Waals surface area contributed by atoms with Gasteiger partial charge in [0.15, 0.2) is 0 Å². The van der Waals surface area contributed by atoms with Crippen molar-refractivity contribution in [3.63, 3.8) is 0 Å². The minimum atomic E-state index is -0.745. The number of carbonyl (C=O) groups is 1. The Kier molecular flexibility index (Phi) is 2.24. The van der Waals surface area contributed by atoms with Crippen LogP contribution in [0.3, 0.4) is 0 Å². The number of nitrogens with one attached hydrogen (secondary N) is 1. The summed E-state index contributed by atoms with van der Waals surface area (Å²) < 4.78 is 0. The zero-order valence-corrected chi connectivity index (χ0v) is 5.71. The summed E-state index contributed by atoms with van der Waals surface area (Å²) in [5.74, 6) is -0.111. The number of aliphatic hydroxyl groups is 1. The van der Waals surface area contributed by atoms with Gasteiger partial charge in [0, 0.05) is 18.9 Å². The van der Waals surface area contributed by atoms with Crippen molar-refractivity contribution in [3.8, 4) is 0 Å². The van der Waals surface area contributed by atoms with Gasteiger partial charge in [-0.1, -0.05) is 0 Å². The Labute approximate surface area is 59.4 Å². The summed E-state index contributed by atoms with van der Waals surface area (Å²) in [5.41, 5.74) is 5.54. The minimum absolute atomic E-state index is 0.0473. The summed E-state index contributed by atoms with van der Waals surface area (Å²) in [6.45, 7) is 0. The highest BCUT2D eigenvalue weighted by Crippen LogP contribution is 2.06. The molecule has 58 valence electrons. The molecule has 10 heavy (non-hydrogen) atoms. The maximum Gasteiger partial charge on any atom is 0.222 e. The highest BCUT2D eigenvalue weighted by molar-refractivity contribution is 5.76. The fourth-order valence-corrected chi connectivity index (χ4v) is 1.04. The van der Waals surface area contributed by atoms with Crippen LogP contribution in [0.25, 0.3) is 0 Å².